The molecule has 0 fully saturated rings. The van der Waals surface area contributed by atoms with E-state index in [1.54, 1.807) is 6.07 Å². The molecule has 0 radical (unpaired) electrons. The third-order valence-electron chi connectivity index (χ3n) is 3.53. The minimum Gasteiger partial charge on any atom is -0.313 e. The van der Waals surface area contributed by atoms with Gasteiger partial charge in [-0.05, 0) is 44.7 Å². The lowest BCUT2D eigenvalue weighted by molar-refractivity contribution is 0.541. The molecule has 0 aliphatic carbocycles. The van der Waals surface area contributed by atoms with E-state index in [4.69, 9.17) is 34.8 Å². The van der Waals surface area contributed by atoms with Crippen molar-refractivity contribution in [2.75, 3.05) is 7.05 Å². The summed E-state index contributed by atoms with van der Waals surface area (Å²) < 4.78 is 1.93. The summed E-state index contributed by atoms with van der Waals surface area (Å²) in [6, 6.07) is 5.51. The van der Waals surface area contributed by atoms with E-state index in [9.17, 15) is 0 Å². The van der Waals surface area contributed by atoms with Crippen molar-refractivity contribution in [2.24, 2.45) is 0 Å². The second kappa shape index (κ2) is 7.01. The molecule has 1 unspecified atom stereocenters. The molecular formula is C15H18Cl3N3. The van der Waals surface area contributed by atoms with Crippen LogP contribution in [-0.4, -0.2) is 16.8 Å². The molecule has 6 heteroatoms. The highest BCUT2D eigenvalue weighted by atomic mass is 35.5. The van der Waals surface area contributed by atoms with Crippen LogP contribution in [0.1, 0.15) is 29.9 Å². The van der Waals surface area contributed by atoms with Crippen molar-refractivity contribution in [1.29, 1.82) is 0 Å². The smallest absolute Gasteiger partial charge is 0.0847 e. The quantitative estimate of drug-likeness (QED) is 0.852. The summed E-state index contributed by atoms with van der Waals surface area (Å²) in [6.07, 6.45) is 0.698. The van der Waals surface area contributed by atoms with Crippen LogP contribution in [0.4, 0.5) is 0 Å². The van der Waals surface area contributed by atoms with Gasteiger partial charge in [-0.3, -0.25) is 4.68 Å². The molecular weight excluding hydrogens is 329 g/mol. The Morgan fingerprint density at radius 2 is 2.00 bits per heavy atom. The third kappa shape index (κ3) is 3.54. The minimum atomic E-state index is 0.0232. The van der Waals surface area contributed by atoms with Crippen LogP contribution < -0.4 is 5.32 Å². The SMILES string of the molecule is CCn1nc(C)c(Cl)c1CC(NC)c1cc(Cl)ccc1Cl. The molecule has 2 aromatic rings. The summed E-state index contributed by atoms with van der Waals surface area (Å²) in [5.41, 5.74) is 2.82. The van der Waals surface area contributed by atoms with Crippen LogP contribution >= 0.6 is 34.8 Å². The summed E-state index contributed by atoms with van der Waals surface area (Å²) in [4.78, 5) is 0. The van der Waals surface area contributed by atoms with E-state index in [0.29, 0.717) is 16.5 Å². The molecule has 21 heavy (non-hydrogen) atoms. The Morgan fingerprint density at radius 1 is 1.29 bits per heavy atom. The molecule has 2 rings (SSSR count). The molecule has 0 amide bonds. The number of benzene rings is 1. The molecule has 3 nitrogen and oxygen atoms in total. The number of rotatable bonds is 5. The van der Waals surface area contributed by atoms with Crippen LogP contribution in [0.2, 0.25) is 15.1 Å². The number of aryl methyl sites for hydroxylation is 2. The Balaban J connectivity index is 2.38. The maximum atomic E-state index is 6.38. The number of hydrogen-bond acceptors (Lipinski definition) is 2. The Labute approximate surface area is 140 Å². The molecule has 1 heterocycles. The summed E-state index contributed by atoms with van der Waals surface area (Å²) >= 11 is 18.8. The van der Waals surface area contributed by atoms with Crippen LogP contribution in [0.5, 0.6) is 0 Å². The number of aromatic nitrogens is 2. The summed E-state index contributed by atoms with van der Waals surface area (Å²) in [5.74, 6) is 0. The monoisotopic (exact) mass is 345 g/mol. The normalized spacial score (nSPS) is 12.7. The number of likely N-dealkylation sites (N-methyl/N-ethyl adjacent to an activating group) is 1. The molecule has 1 N–H and O–H groups in total. The van der Waals surface area contributed by atoms with E-state index >= 15 is 0 Å². The molecule has 0 bridgehead atoms. The van der Waals surface area contributed by atoms with E-state index in [2.05, 4.69) is 10.4 Å². The van der Waals surface area contributed by atoms with Crippen molar-refractivity contribution in [1.82, 2.24) is 15.1 Å². The molecule has 1 aromatic carbocycles. The van der Waals surface area contributed by atoms with Gasteiger partial charge in [-0.15, -0.1) is 0 Å². The predicted octanol–water partition coefficient (Wildman–Crippen LogP) is 4.67. The lowest BCUT2D eigenvalue weighted by Crippen LogP contribution is -2.21. The van der Waals surface area contributed by atoms with Gasteiger partial charge in [0, 0.05) is 29.1 Å². The average Bonchev–Trinajstić information content (AvgIpc) is 2.74. The zero-order valence-corrected chi connectivity index (χ0v) is 14.5. The van der Waals surface area contributed by atoms with Gasteiger partial charge >= 0.3 is 0 Å². The first-order valence-electron chi connectivity index (χ1n) is 6.81. The van der Waals surface area contributed by atoms with Crippen molar-refractivity contribution in [2.45, 2.75) is 32.9 Å². The fourth-order valence-electron chi connectivity index (χ4n) is 2.41. The molecule has 0 saturated heterocycles. The largest absolute Gasteiger partial charge is 0.313 e. The third-order valence-corrected chi connectivity index (χ3v) is 4.60. The zero-order valence-electron chi connectivity index (χ0n) is 12.3. The fourth-order valence-corrected chi connectivity index (χ4v) is 3.05. The second-order valence-corrected chi connectivity index (χ2v) is 6.09. The van der Waals surface area contributed by atoms with E-state index in [1.807, 2.05) is 37.7 Å². The Hall–Kier alpha value is -0.740. The van der Waals surface area contributed by atoms with Gasteiger partial charge in [-0.25, -0.2) is 0 Å². The molecule has 0 aliphatic rings. The number of nitrogens with one attached hydrogen (secondary N) is 1. The van der Waals surface area contributed by atoms with Gasteiger partial charge in [0.05, 0.1) is 16.4 Å². The van der Waals surface area contributed by atoms with E-state index in [-0.39, 0.29) is 6.04 Å². The van der Waals surface area contributed by atoms with Crippen molar-refractivity contribution in [3.63, 3.8) is 0 Å². The molecule has 0 saturated carbocycles. The average molecular weight is 347 g/mol. The van der Waals surface area contributed by atoms with Gasteiger partial charge in [-0.2, -0.15) is 5.10 Å². The Bertz CT molecular complexity index is 637. The first kappa shape index (κ1) is 16.6. The number of nitrogens with zero attached hydrogens (tertiary/aromatic N) is 2. The maximum Gasteiger partial charge on any atom is 0.0847 e. The Kier molecular flexibility index (Phi) is 5.55. The first-order chi connectivity index (χ1) is 9.97. The highest BCUT2D eigenvalue weighted by molar-refractivity contribution is 6.33. The topological polar surface area (TPSA) is 29.9 Å². The highest BCUT2D eigenvalue weighted by Gasteiger charge is 2.20. The first-order valence-corrected chi connectivity index (χ1v) is 7.95. The lowest BCUT2D eigenvalue weighted by Gasteiger charge is -2.19. The van der Waals surface area contributed by atoms with Gasteiger partial charge < -0.3 is 5.32 Å². The molecule has 1 aromatic heterocycles. The van der Waals surface area contributed by atoms with Crippen LogP contribution in [0, 0.1) is 6.92 Å². The summed E-state index contributed by atoms with van der Waals surface area (Å²) in [6.45, 7) is 4.74. The van der Waals surface area contributed by atoms with E-state index in [0.717, 1.165) is 28.5 Å². The van der Waals surface area contributed by atoms with Crippen molar-refractivity contribution in [3.05, 3.63) is 50.2 Å². The Morgan fingerprint density at radius 3 is 2.62 bits per heavy atom. The summed E-state index contributed by atoms with van der Waals surface area (Å²) in [7, 11) is 1.90. The standard InChI is InChI=1S/C15H18Cl3N3/c1-4-21-14(15(18)9(2)20-21)8-13(19-3)11-7-10(16)5-6-12(11)17/h5-7,13,19H,4,8H2,1-3H3. The van der Waals surface area contributed by atoms with Gasteiger partial charge in [0.25, 0.3) is 0 Å². The van der Waals surface area contributed by atoms with E-state index < -0.39 is 0 Å². The predicted molar refractivity (Wildman–Crippen MR) is 89.6 cm³/mol. The second-order valence-electron chi connectivity index (χ2n) is 4.87. The van der Waals surface area contributed by atoms with Crippen LogP contribution in [-0.2, 0) is 13.0 Å². The molecule has 0 aliphatic heterocycles. The van der Waals surface area contributed by atoms with Crippen LogP contribution in [0.25, 0.3) is 0 Å². The van der Waals surface area contributed by atoms with Gasteiger partial charge in [0.1, 0.15) is 0 Å². The van der Waals surface area contributed by atoms with Crippen molar-refractivity contribution < 1.29 is 0 Å². The number of halogens is 3. The molecule has 114 valence electrons. The van der Waals surface area contributed by atoms with Crippen molar-refractivity contribution >= 4 is 34.8 Å². The molecule has 0 spiro atoms. The molecule has 1 atom stereocenters. The zero-order chi connectivity index (χ0) is 15.6. The van der Waals surface area contributed by atoms with Crippen LogP contribution in [0.3, 0.4) is 0 Å². The van der Waals surface area contributed by atoms with Crippen molar-refractivity contribution in [3.8, 4) is 0 Å². The fraction of sp³-hybridized carbons (Fsp3) is 0.400. The maximum absolute atomic E-state index is 6.38. The summed E-state index contributed by atoms with van der Waals surface area (Å²) in [5, 5.41) is 9.80. The lowest BCUT2D eigenvalue weighted by atomic mass is 10.0. The van der Waals surface area contributed by atoms with E-state index in [1.165, 1.54) is 0 Å². The minimum absolute atomic E-state index is 0.0232. The highest BCUT2D eigenvalue weighted by Crippen LogP contribution is 2.31. The van der Waals surface area contributed by atoms with Gasteiger partial charge in [0.15, 0.2) is 0 Å². The van der Waals surface area contributed by atoms with Gasteiger partial charge in [0.2, 0.25) is 0 Å². The van der Waals surface area contributed by atoms with Crippen LogP contribution in [0.15, 0.2) is 18.2 Å². The van der Waals surface area contributed by atoms with Gasteiger partial charge in [-0.1, -0.05) is 34.8 Å². The number of hydrogen-bond donors (Lipinski definition) is 1.